The fraction of sp³-hybridized carbons (Fsp3) is 0.235. The number of imidazole rings is 1. The SMILES string of the molecule is COC(=O)c1ccc(Cl)c(Cc2nc3cc(C)c(Cl)nn3c2C)c1Cl. The van der Waals surface area contributed by atoms with Crippen LogP contribution in [0.2, 0.25) is 15.2 Å². The standard InChI is InChI=1S/C17H14Cl3N3O2/c1-8-6-14-21-13(9(2)23(14)22-16(8)20)7-11-12(18)5-4-10(15(11)19)17(24)25-3/h4-6H,7H2,1-3H3. The summed E-state index contributed by atoms with van der Waals surface area (Å²) in [4.78, 5) is 16.4. The number of nitrogens with zero attached hydrogens (tertiary/aromatic N) is 3. The van der Waals surface area contributed by atoms with Crippen molar-refractivity contribution in [3.05, 3.63) is 61.5 Å². The van der Waals surface area contributed by atoms with Crippen LogP contribution < -0.4 is 0 Å². The van der Waals surface area contributed by atoms with Crippen LogP contribution in [0.1, 0.15) is 32.9 Å². The Morgan fingerprint density at radius 2 is 1.96 bits per heavy atom. The minimum absolute atomic E-state index is 0.262. The van der Waals surface area contributed by atoms with Crippen molar-refractivity contribution in [3.63, 3.8) is 0 Å². The quantitative estimate of drug-likeness (QED) is 0.601. The number of esters is 1. The Kier molecular flexibility index (Phi) is 4.91. The highest BCUT2D eigenvalue weighted by atomic mass is 35.5. The molecule has 25 heavy (non-hydrogen) atoms. The number of ether oxygens (including phenoxy) is 1. The maximum atomic E-state index is 11.8. The van der Waals surface area contributed by atoms with Gasteiger partial charge >= 0.3 is 5.97 Å². The van der Waals surface area contributed by atoms with Gasteiger partial charge in [-0.2, -0.15) is 5.10 Å². The van der Waals surface area contributed by atoms with Gasteiger partial charge in [0, 0.05) is 11.4 Å². The van der Waals surface area contributed by atoms with Crippen LogP contribution in [0.5, 0.6) is 0 Å². The van der Waals surface area contributed by atoms with Gasteiger partial charge in [-0.3, -0.25) is 0 Å². The van der Waals surface area contributed by atoms with E-state index in [1.807, 2.05) is 19.9 Å². The van der Waals surface area contributed by atoms with Gasteiger partial charge in [0.2, 0.25) is 0 Å². The van der Waals surface area contributed by atoms with Crippen molar-refractivity contribution in [1.29, 1.82) is 0 Å². The molecule has 2 aromatic heterocycles. The molecule has 0 atom stereocenters. The second-order valence-corrected chi connectivity index (χ2v) is 6.73. The van der Waals surface area contributed by atoms with Crippen molar-refractivity contribution in [1.82, 2.24) is 14.6 Å². The lowest BCUT2D eigenvalue weighted by atomic mass is 10.0. The molecule has 2 heterocycles. The minimum atomic E-state index is -0.515. The first kappa shape index (κ1) is 18.0. The molecule has 0 N–H and O–H groups in total. The van der Waals surface area contributed by atoms with E-state index in [9.17, 15) is 4.79 Å². The summed E-state index contributed by atoms with van der Waals surface area (Å²) in [6.07, 6.45) is 0.356. The van der Waals surface area contributed by atoms with E-state index in [4.69, 9.17) is 39.5 Å². The average molecular weight is 399 g/mol. The second-order valence-electron chi connectivity index (χ2n) is 5.59. The number of fused-ring (bicyclic) bond motifs is 1. The number of methoxy groups -OCH3 is 1. The van der Waals surface area contributed by atoms with Crippen molar-refractivity contribution < 1.29 is 9.53 Å². The van der Waals surface area contributed by atoms with Gasteiger partial charge in [-0.05, 0) is 43.2 Å². The number of rotatable bonds is 3. The van der Waals surface area contributed by atoms with Crippen LogP contribution in [-0.4, -0.2) is 27.7 Å². The normalized spacial score (nSPS) is 11.1. The molecule has 0 aliphatic rings. The van der Waals surface area contributed by atoms with Crippen LogP contribution in [0.3, 0.4) is 0 Å². The number of hydrogen-bond acceptors (Lipinski definition) is 4. The van der Waals surface area contributed by atoms with Gasteiger partial charge in [0.05, 0.1) is 29.1 Å². The summed E-state index contributed by atoms with van der Waals surface area (Å²) in [5.41, 5.74) is 3.98. The molecule has 0 saturated heterocycles. The molecule has 8 heteroatoms. The van der Waals surface area contributed by atoms with Crippen molar-refractivity contribution in [2.75, 3.05) is 7.11 Å². The van der Waals surface area contributed by atoms with E-state index in [-0.39, 0.29) is 10.6 Å². The lowest BCUT2D eigenvalue weighted by molar-refractivity contribution is 0.0601. The van der Waals surface area contributed by atoms with Crippen molar-refractivity contribution in [3.8, 4) is 0 Å². The van der Waals surface area contributed by atoms with Crippen LogP contribution in [0.25, 0.3) is 5.65 Å². The number of halogens is 3. The van der Waals surface area contributed by atoms with Crippen molar-refractivity contribution >= 4 is 46.4 Å². The van der Waals surface area contributed by atoms with Crippen molar-refractivity contribution in [2.24, 2.45) is 0 Å². The van der Waals surface area contributed by atoms with E-state index >= 15 is 0 Å². The highest BCUT2D eigenvalue weighted by Crippen LogP contribution is 2.31. The van der Waals surface area contributed by atoms with Gasteiger partial charge in [-0.15, -0.1) is 0 Å². The Labute approximate surface area is 159 Å². The van der Waals surface area contributed by atoms with Crippen LogP contribution in [-0.2, 0) is 11.2 Å². The molecule has 0 amide bonds. The summed E-state index contributed by atoms with van der Waals surface area (Å²) in [6.45, 7) is 3.76. The Bertz CT molecular complexity index is 999. The number of benzene rings is 1. The number of carbonyl (C=O) groups is 1. The molecule has 130 valence electrons. The predicted octanol–water partition coefficient (Wildman–Crippen LogP) is 4.68. The van der Waals surface area contributed by atoms with Gasteiger partial charge in [0.25, 0.3) is 0 Å². The first-order valence-corrected chi connectivity index (χ1v) is 8.53. The van der Waals surface area contributed by atoms with Gasteiger partial charge in [0.15, 0.2) is 10.8 Å². The largest absolute Gasteiger partial charge is 0.465 e. The highest BCUT2D eigenvalue weighted by Gasteiger charge is 2.19. The lowest BCUT2D eigenvalue weighted by Gasteiger charge is -2.10. The van der Waals surface area contributed by atoms with Gasteiger partial charge in [-0.25, -0.2) is 14.3 Å². The fourth-order valence-electron chi connectivity index (χ4n) is 2.56. The molecule has 5 nitrogen and oxygen atoms in total. The van der Waals surface area contributed by atoms with Gasteiger partial charge in [-0.1, -0.05) is 34.8 Å². The Balaban J connectivity index is 2.10. The smallest absolute Gasteiger partial charge is 0.339 e. The summed E-state index contributed by atoms with van der Waals surface area (Å²) in [6, 6.07) is 5.03. The minimum Gasteiger partial charge on any atom is -0.465 e. The van der Waals surface area contributed by atoms with E-state index in [0.29, 0.717) is 27.8 Å². The number of hydrogen-bond donors (Lipinski definition) is 0. The number of aromatic nitrogens is 3. The molecule has 1 aromatic carbocycles. The highest BCUT2D eigenvalue weighted by molar-refractivity contribution is 6.38. The van der Waals surface area contributed by atoms with Crippen molar-refractivity contribution in [2.45, 2.75) is 20.3 Å². The summed E-state index contributed by atoms with van der Waals surface area (Å²) >= 11 is 18.8. The third-order valence-corrected chi connectivity index (χ3v) is 5.16. The average Bonchev–Trinajstić information content (AvgIpc) is 2.87. The molecule has 0 saturated carbocycles. The third kappa shape index (κ3) is 3.19. The fourth-order valence-corrected chi connectivity index (χ4v) is 3.27. The maximum Gasteiger partial charge on any atom is 0.339 e. The first-order chi connectivity index (χ1) is 11.8. The summed E-state index contributed by atoms with van der Waals surface area (Å²) in [5.74, 6) is -0.515. The van der Waals surface area contributed by atoms with E-state index < -0.39 is 5.97 Å². The Morgan fingerprint density at radius 1 is 1.24 bits per heavy atom. The molecule has 0 radical (unpaired) electrons. The molecule has 3 rings (SSSR count). The number of aryl methyl sites for hydroxylation is 2. The molecule has 0 aliphatic heterocycles. The topological polar surface area (TPSA) is 56.5 Å². The van der Waals surface area contributed by atoms with Gasteiger partial charge in [0.1, 0.15) is 0 Å². The van der Waals surface area contributed by atoms with Crippen LogP contribution in [0, 0.1) is 13.8 Å². The van der Waals surface area contributed by atoms with Crippen LogP contribution in [0.15, 0.2) is 18.2 Å². The zero-order valence-electron chi connectivity index (χ0n) is 13.7. The second kappa shape index (κ2) is 6.83. The van der Waals surface area contributed by atoms with E-state index in [1.54, 1.807) is 16.6 Å². The maximum absolute atomic E-state index is 11.8. The first-order valence-electron chi connectivity index (χ1n) is 7.40. The van der Waals surface area contributed by atoms with E-state index in [0.717, 1.165) is 17.0 Å². The summed E-state index contributed by atoms with van der Waals surface area (Å²) in [7, 11) is 1.30. The molecule has 3 aromatic rings. The molecular weight excluding hydrogens is 385 g/mol. The lowest BCUT2D eigenvalue weighted by Crippen LogP contribution is -2.05. The van der Waals surface area contributed by atoms with Crippen LogP contribution >= 0.6 is 34.8 Å². The third-order valence-electron chi connectivity index (χ3n) is 4.00. The Morgan fingerprint density at radius 3 is 2.64 bits per heavy atom. The van der Waals surface area contributed by atoms with E-state index in [2.05, 4.69) is 10.1 Å². The van der Waals surface area contributed by atoms with E-state index in [1.165, 1.54) is 7.11 Å². The monoisotopic (exact) mass is 397 g/mol. The molecular formula is C17H14Cl3N3O2. The molecule has 0 aliphatic carbocycles. The number of carbonyl (C=O) groups excluding carboxylic acids is 1. The molecule has 0 unspecified atom stereocenters. The summed E-state index contributed by atoms with van der Waals surface area (Å²) in [5, 5.41) is 5.46. The predicted molar refractivity (Wildman–Crippen MR) is 98.1 cm³/mol. The van der Waals surface area contributed by atoms with Gasteiger partial charge < -0.3 is 4.74 Å². The van der Waals surface area contributed by atoms with Crippen LogP contribution in [0.4, 0.5) is 0 Å². The molecule has 0 bridgehead atoms. The summed E-state index contributed by atoms with van der Waals surface area (Å²) < 4.78 is 6.43. The molecule has 0 fully saturated rings. The zero-order chi connectivity index (χ0) is 18.3. The zero-order valence-corrected chi connectivity index (χ0v) is 16.0. The molecule has 0 spiro atoms. The Hall–Kier alpha value is -1.82.